The minimum Gasteiger partial charge on any atom is -0.497 e. The molecule has 1 amide bonds. The standard InChI is InChI=1S/C21H35N3O2.ClH/c1-6-24(16(2)15-17-7-9-19(26-5)10-8-17)20(21(25)23(3)4)18-11-13-22-14-12-18;/h7-10,16,18,20,22H,6,11-15H2,1-5H3;1H. The van der Waals surface area contributed by atoms with E-state index in [4.69, 9.17) is 4.74 Å². The highest BCUT2D eigenvalue weighted by Crippen LogP contribution is 2.25. The molecule has 2 rings (SSSR count). The maximum Gasteiger partial charge on any atom is 0.239 e. The largest absolute Gasteiger partial charge is 0.497 e. The van der Waals surface area contributed by atoms with Crippen LogP contribution in [-0.2, 0) is 11.2 Å². The number of methoxy groups -OCH3 is 1. The lowest BCUT2D eigenvalue weighted by Crippen LogP contribution is -2.55. The number of ether oxygens (including phenoxy) is 1. The van der Waals surface area contributed by atoms with Gasteiger partial charge in [0.05, 0.1) is 13.2 Å². The van der Waals surface area contributed by atoms with Crippen molar-refractivity contribution >= 4 is 18.3 Å². The molecule has 27 heavy (non-hydrogen) atoms. The van der Waals surface area contributed by atoms with E-state index < -0.39 is 0 Å². The van der Waals surface area contributed by atoms with Gasteiger partial charge in [-0.3, -0.25) is 9.69 Å². The summed E-state index contributed by atoms with van der Waals surface area (Å²) in [5.74, 6) is 1.54. The van der Waals surface area contributed by atoms with E-state index in [-0.39, 0.29) is 24.4 Å². The molecule has 1 aromatic rings. The van der Waals surface area contributed by atoms with E-state index >= 15 is 0 Å². The lowest BCUT2D eigenvalue weighted by Gasteiger charge is -2.41. The van der Waals surface area contributed by atoms with Crippen molar-refractivity contribution < 1.29 is 9.53 Å². The first-order valence-electron chi connectivity index (χ1n) is 9.78. The van der Waals surface area contributed by atoms with E-state index in [0.29, 0.717) is 12.0 Å². The Bertz CT molecular complexity index is 559. The molecule has 0 spiro atoms. The highest BCUT2D eigenvalue weighted by molar-refractivity contribution is 5.85. The molecule has 0 aromatic heterocycles. The number of nitrogens with zero attached hydrogens (tertiary/aromatic N) is 2. The molecule has 1 fully saturated rings. The van der Waals surface area contributed by atoms with E-state index in [0.717, 1.165) is 44.6 Å². The Balaban J connectivity index is 0.00000364. The van der Waals surface area contributed by atoms with Crippen molar-refractivity contribution in [3.05, 3.63) is 29.8 Å². The fourth-order valence-corrected chi connectivity index (χ4v) is 4.04. The molecule has 2 atom stereocenters. The molecule has 1 aliphatic rings. The third-order valence-corrected chi connectivity index (χ3v) is 5.50. The van der Waals surface area contributed by atoms with Gasteiger partial charge in [0.2, 0.25) is 5.91 Å². The molecule has 6 heteroatoms. The van der Waals surface area contributed by atoms with Crippen LogP contribution in [0.1, 0.15) is 32.3 Å². The van der Waals surface area contributed by atoms with E-state index in [9.17, 15) is 4.79 Å². The minimum atomic E-state index is -0.0367. The number of halogens is 1. The topological polar surface area (TPSA) is 44.8 Å². The van der Waals surface area contributed by atoms with Gasteiger partial charge in [-0.05, 0) is 69.4 Å². The fraction of sp³-hybridized carbons (Fsp3) is 0.667. The lowest BCUT2D eigenvalue weighted by atomic mass is 9.87. The maximum absolute atomic E-state index is 13.0. The van der Waals surface area contributed by atoms with E-state index in [2.05, 4.69) is 36.2 Å². The average molecular weight is 398 g/mol. The summed E-state index contributed by atoms with van der Waals surface area (Å²) in [5.41, 5.74) is 1.28. The molecule has 154 valence electrons. The molecule has 1 aromatic carbocycles. The maximum atomic E-state index is 13.0. The van der Waals surface area contributed by atoms with Crippen molar-refractivity contribution in [3.63, 3.8) is 0 Å². The quantitative estimate of drug-likeness (QED) is 0.732. The van der Waals surface area contributed by atoms with Crippen LogP contribution < -0.4 is 10.1 Å². The second-order valence-corrected chi connectivity index (χ2v) is 7.50. The van der Waals surface area contributed by atoms with Crippen LogP contribution in [0.2, 0.25) is 0 Å². The molecule has 2 unspecified atom stereocenters. The normalized spacial score (nSPS) is 17.1. The van der Waals surface area contributed by atoms with Gasteiger partial charge in [0.15, 0.2) is 0 Å². The number of hydrogen-bond donors (Lipinski definition) is 1. The first-order valence-corrected chi connectivity index (χ1v) is 9.78. The Morgan fingerprint density at radius 3 is 2.30 bits per heavy atom. The van der Waals surface area contributed by atoms with Crippen LogP contribution in [0.4, 0.5) is 0 Å². The number of rotatable bonds is 8. The van der Waals surface area contributed by atoms with Crippen LogP contribution in [0.25, 0.3) is 0 Å². The number of hydrogen-bond acceptors (Lipinski definition) is 4. The van der Waals surface area contributed by atoms with Gasteiger partial charge in [-0.2, -0.15) is 0 Å². The summed E-state index contributed by atoms with van der Waals surface area (Å²) in [4.78, 5) is 17.2. The summed E-state index contributed by atoms with van der Waals surface area (Å²) in [6.07, 6.45) is 3.06. The predicted molar refractivity (Wildman–Crippen MR) is 114 cm³/mol. The van der Waals surface area contributed by atoms with Gasteiger partial charge in [0, 0.05) is 20.1 Å². The number of carbonyl (C=O) groups excluding carboxylic acids is 1. The van der Waals surface area contributed by atoms with Crippen molar-refractivity contribution in [2.24, 2.45) is 5.92 Å². The molecule has 1 N–H and O–H groups in total. The SMILES string of the molecule is CCN(C(C)Cc1ccc(OC)cc1)C(C(=O)N(C)C)C1CCNCC1.Cl. The smallest absolute Gasteiger partial charge is 0.239 e. The Hall–Kier alpha value is -1.30. The van der Waals surface area contributed by atoms with Crippen molar-refractivity contribution in [1.29, 1.82) is 0 Å². The van der Waals surface area contributed by atoms with Gasteiger partial charge in [-0.25, -0.2) is 0 Å². The van der Waals surface area contributed by atoms with Gasteiger partial charge in [-0.15, -0.1) is 12.4 Å². The Morgan fingerprint density at radius 1 is 1.22 bits per heavy atom. The van der Waals surface area contributed by atoms with Crippen LogP contribution in [0.15, 0.2) is 24.3 Å². The summed E-state index contributed by atoms with van der Waals surface area (Å²) in [7, 11) is 5.43. The Labute approximate surface area is 170 Å². The molecule has 0 aliphatic carbocycles. The van der Waals surface area contributed by atoms with Crippen LogP contribution >= 0.6 is 12.4 Å². The zero-order valence-corrected chi connectivity index (χ0v) is 18.2. The Morgan fingerprint density at radius 2 is 1.81 bits per heavy atom. The number of nitrogens with one attached hydrogen (secondary N) is 1. The van der Waals surface area contributed by atoms with E-state index in [1.165, 1.54) is 5.56 Å². The summed E-state index contributed by atoms with van der Waals surface area (Å²) in [6.45, 7) is 7.30. The van der Waals surface area contributed by atoms with Crippen LogP contribution in [-0.4, -0.2) is 68.6 Å². The second kappa shape index (κ2) is 11.5. The monoisotopic (exact) mass is 397 g/mol. The van der Waals surface area contributed by atoms with Gasteiger partial charge in [0.1, 0.15) is 5.75 Å². The number of likely N-dealkylation sites (N-methyl/N-ethyl adjacent to an activating group) is 2. The zero-order chi connectivity index (χ0) is 19.1. The minimum absolute atomic E-state index is 0. The molecule has 0 bridgehead atoms. The van der Waals surface area contributed by atoms with Crippen LogP contribution in [0.3, 0.4) is 0 Å². The molecule has 1 heterocycles. The number of carbonyl (C=O) groups is 1. The molecule has 1 aliphatic heterocycles. The van der Waals surface area contributed by atoms with Gasteiger partial charge >= 0.3 is 0 Å². The number of piperidine rings is 1. The van der Waals surface area contributed by atoms with Crippen LogP contribution in [0.5, 0.6) is 5.75 Å². The van der Waals surface area contributed by atoms with E-state index in [1.54, 1.807) is 12.0 Å². The molecule has 1 saturated heterocycles. The molecule has 5 nitrogen and oxygen atoms in total. The predicted octanol–water partition coefficient (Wildman–Crippen LogP) is 2.83. The van der Waals surface area contributed by atoms with Gasteiger partial charge < -0.3 is 15.0 Å². The van der Waals surface area contributed by atoms with Gasteiger partial charge in [-0.1, -0.05) is 19.1 Å². The third-order valence-electron chi connectivity index (χ3n) is 5.50. The summed E-state index contributed by atoms with van der Waals surface area (Å²) in [6, 6.07) is 8.52. The first-order chi connectivity index (χ1) is 12.5. The van der Waals surface area contributed by atoms with Crippen molar-refractivity contribution in [1.82, 2.24) is 15.1 Å². The summed E-state index contributed by atoms with van der Waals surface area (Å²) >= 11 is 0. The van der Waals surface area contributed by atoms with Crippen LogP contribution in [0, 0.1) is 5.92 Å². The molecule has 0 radical (unpaired) electrons. The molecule has 0 saturated carbocycles. The van der Waals surface area contributed by atoms with E-state index in [1.807, 2.05) is 26.2 Å². The second-order valence-electron chi connectivity index (χ2n) is 7.50. The lowest BCUT2D eigenvalue weighted by molar-refractivity contribution is -0.138. The Kier molecular flexibility index (Phi) is 10.1. The highest BCUT2D eigenvalue weighted by Gasteiger charge is 2.36. The highest BCUT2D eigenvalue weighted by atomic mass is 35.5. The molecular weight excluding hydrogens is 362 g/mol. The fourth-order valence-electron chi connectivity index (χ4n) is 4.04. The average Bonchev–Trinajstić information content (AvgIpc) is 2.66. The number of amides is 1. The number of benzene rings is 1. The summed E-state index contributed by atoms with van der Waals surface area (Å²) < 4.78 is 5.25. The van der Waals surface area contributed by atoms with Crippen molar-refractivity contribution in [3.8, 4) is 5.75 Å². The molecular formula is C21H36ClN3O2. The zero-order valence-electron chi connectivity index (χ0n) is 17.4. The third kappa shape index (κ3) is 6.37. The van der Waals surface area contributed by atoms with Gasteiger partial charge in [0.25, 0.3) is 0 Å². The van der Waals surface area contributed by atoms with Crippen molar-refractivity contribution in [2.45, 2.75) is 45.2 Å². The first kappa shape index (κ1) is 23.7. The summed E-state index contributed by atoms with van der Waals surface area (Å²) in [5, 5.41) is 3.42. The van der Waals surface area contributed by atoms with Crippen molar-refractivity contribution in [2.75, 3.05) is 40.8 Å².